The molecule has 166 valence electrons. The number of likely N-dealkylation sites (N-methyl/N-ethyl adjacent to an activating group) is 1. The van der Waals surface area contributed by atoms with Crippen LogP contribution >= 0.6 is 15.9 Å². The van der Waals surface area contributed by atoms with Crippen LogP contribution in [0, 0.1) is 5.92 Å². The summed E-state index contributed by atoms with van der Waals surface area (Å²) in [6.07, 6.45) is 6.23. The lowest BCUT2D eigenvalue weighted by molar-refractivity contribution is -0.139. The van der Waals surface area contributed by atoms with Gasteiger partial charge in [0.15, 0.2) is 0 Å². The van der Waals surface area contributed by atoms with Crippen LogP contribution in [0.1, 0.15) is 41.8 Å². The largest absolute Gasteiger partial charge is 0.467 e. The number of benzene rings is 1. The summed E-state index contributed by atoms with van der Waals surface area (Å²) in [6.45, 7) is 3.21. The topological polar surface area (TPSA) is 57.0 Å². The minimum atomic E-state index is -0.120. The van der Waals surface area contributed by atoms with Crippen LogP contribution in [0.25, 0.3) is 0 Å². The van der Waals surface area contributed by atoms with Gasteiger partial charge in [0.2, 0.25) is 5.91 Å². The second-order valence-corrected chi connectivity index (χ2v) is 9.52. The highest BCUT2D eigenvalue weighted by molar-refractivity contribution is 9.10. The number of carbonyl (C=O) groups is 2. The summed E-state index contributed by atoms with van der Waals surface area (Å²) < 4.78 is 6.35. The number of rotatable bonds is 6. The highest BCUT2D eigenvalue weighted by Crippen LogP contribution is 2.32. The Hall–Kier alpha value is -2.12. The van der Waals surface area contributed by atoms with E-state index in [-0.39, 0.29) is 17.9 Å². The molecule has 2 heterocycles. The number of amides is 2. The third-order valence-electron chi connectivity index (χ3n) is 6.52. The van der Waals surface area contributed by atoms with E-state index >= 15 is 0 Å². The zero-order valence-corrected chi connectivity index (χ0v) is 19.6. The second kappa shape index (κ2) is 10.0. The molecule has 2 aromatic rings. The molecule has 1 aromatic carbocycles. The van der Waals surface area contributed by atoms with Crippen LogP contribution in [0.5, 0.6) is 0 Å². The van der Waals surface area contributed by atoms with Crippen LogP contribution < -0.4 is 0 Å². The van der Waals surface area contributed by atoms with Gasteiger partial charge in [0.25, 0.3) is 5.91 Å². The maximum absolute atomic E-state index is 13.5. The molecule has 6 nitrogen and oxygen atoms in total. The van der Waals surface area contributed by atoms with Crippen molar-refractivity contribution in [3.8, 4) is 0 Å². The van der Waals surface area contributed by atoms with Gasteiger partial charge in [-0.05, 0) is 49.1 Å². The van der Waals surface area contributed by atoms with Gasteiger partial charge < -0.3 is 14.2 Å². The number of furan rings is 1. The van der Waals surface area contributed by atoms with E-state index in [0.29, 0.717) is 31.1 Å². The van der Waals surface area contributed by atoms with Gasteiger partial charge in [-0.25, -0.2) is 0 Å². The van der Waals surface area contributed by atoms with Crippen LogP contribution in [0.3, 0.4) is 0 Å². The summed E-state index contributed by atoms with van der Waals surface area (Å²) in [4.78, 5) is 32.4. The molecule has 2 amide bonds. The van der Waals surface area contributed by atoms with Gasteiger partial charge in [-0.1, -0.05) is 34.8 Å². The van der Waals surface area contributed by atoms with Crippen molar-refractivity contribution in [1.82, 2.24) is 14.7 Å². The van der Waals surface area contributed by atoms with Crippen molar-refractivity contribution in [1.29, 1.82) is 0 Å². The molecule has 31 heavy (non-hydrogen) atoms. The number of halogens is 1. The summed E-state index contributed by atoms with van der Waals surface area (Å²) in [7, 11) is 1.86. The van der Waals surface area contributed by atoms with Crippen molar-refractivity contribution in [3.05, 3.63) is 58.5 Å². The molecular weight excluding hydrogens is 458 g/mol. The van der Waals surface area contributed by atoms with Crippen molar-refractivity contribution >= 4 is 27.7 Å². The van der Waals surface area contributed by atoms with Gasteiger partial charge >= 0.3 is 0 Å². The Kier molecular flexibility index (Phi) is 7.13. The lowest BCUT2D eigenvalue weighted by Gasteiger charge is -2.42. The quantitative estimate of drug-likeness (QED) is 0.617. The fourth-order valence-corrected chi connectivity index (χ4v) is 5.28. The molecular formula is C24H30BrN3O3. The summed E-state index contributed by atoms with van der Waals surface area (Å²) in [5.41, 5.74) is 0.699. The van der Waals surface area contributed by atoms with Gasteiger partial charge in [-0.2, -0.15) is 0 Å². The van der Waals surface area contributed by atoms with E-state index in [0.717, 1.165) is 36.2 Å². The first-order valence-electron chi connectivity index (χ1n) is 11.1. The smallest absolute Gasteiger partial charge is 0.253 e. The summed E-state index contributed by atoms with van der Waals surface area (Å²) in [5, 5.41) is 0. The van der Waals surface area contributed by atoms with Crippen molar-refractivity contribution in [2.75, 3.05) is 33.2 Å². The van der Waals surface area contributed by atoms with Crippen molar-refractivity contribution in [3.63, 3.8) is 0 Å². The predicted molar refractivity (Wildman–Crippen MR) is 123 cm³/mol. The van der Waals surface area contributed by atoms with E-state index in [1.54, 1.807) is 11.2 Å². The Labute approximate surface area is 192 Å². The van der Waals surface area contributed by atoms with Crippen LogP contribution in [0.15, 0.2) is 51.6 Å². The fourth-order valence-electron chi connectivity index (χ4n) is 4.88. The molecule has 7 heteroatoms. The molecule has 0 bridgehead atoms. The lowest BCUT2D eigenvalue weighted by atomic mass is 9.94. The van der Waals surface area contributed by atoms with E-state index in [9.17, 15) is 9.59 Å². The number of piperazine rings is 1. The van der Waals surface area contributed by atoms with Crippen LogP contribution in [-0.2, 0) is 11.3 Å². The van der Waals surface area contributed by atoms with E-state index < -0.39 is 0 Å². The highest BCUT2D eigenvalue weighted by atomic mass is 79.9. The molecule has 1 unspecified atom stereocenters. The minimum absolute atomic E-state index is 0.0552. The molecule has 1 aliphatic heterocycles. The first-order chi connectivity index (χ1) is 15.0. The molecule has 2 fully saturated rings. The molecule has 0 N–H and O–H groups in total. The minimum Gasteiger partial charge on any atom is -0.467 e. The zero-order valence-electron chi connectivity index (χ0n) is 18.0. The fraction of sp³-hybridized carbons (Fsp3) is 0.500. The Morgan fingerprint density at radius 3 is 2.52 bits per heavy atom. The SMILES string of the molecule is CN(Cc1ccco1)C(=O)C(C1CCCC1)N1CCN(C(=O)c2cccc(Br)c2)CC1. The second-order valence-electron chi connectivity index (χ2n) is 8.60. The Balaban J connectivity index is 1.42. The molecule has 1 saturated carbocycles. The Bertz CT molecular complexity index is 887. The average molecular weight is 488 g/mol. The summed E-state index contributed by atoms with van der Waals surface area (Å²) in [5.74, 6) is 1.40. The van der Waals surface area contributed by atoms with E-state index in [2.05, 4.69) is 20.8 Å². The third-order valence-corrected chi connectivity index (χ3v) is 7.01. The molecule has 0 radical (unpaired) electrons. The summed E-state index contributed by atoms with van der Waals surface area (Å²) in [6, 6.07) is 11.2. The number of hydrogen-bond acceptors (Lipinski definition) is 4. The zero-order chi connectivity index (χ0) is 21.8. The molecule has 1 atom stereocenters. The third kappa shape index (κ3) is 5.21. The molecule has 2 aliphatic rings. The first-order valence-corrected chi connectivity index (χ1v) is 11.9. The highest BCUT2D eigenvalue weighted by Gasteiger charge is 2.38. The van der Waals surface area contributed by atoms with Gasteiger partial charge in [0, 0.05) is 43.3 Å². The van der Waals surface area contributed by atoms with Gasteiger partial charge in [-0.3, -0.25) is 14.5 Å². The van der Waals surface area contributed by atoms with Crippen molar-refractivity contribution in [2.24, 2.45) is 5.92 Å². The normalized spacial score (nSPS) is 18.8. The van der Waals surface area contributed by atoms with E-state index in [1.807, 2.05) is 48.3 Å². The van der Waals surface area contributed by atoms with Crippen LogP contribution in [-0.4, -0.2) is 65.8 Å². The lowest BCUT2D eigenvalue weighted by Crippen LogP contribution is -2.58. The molecule has 0 spiro atoms. The first kappa shape index (κ1) is 22.1. The van der Waals surface area contributed by atoms with Gasteiger partial charge in [-0.15, -0.1) is 0 Å². The molecule has 1 aliphatic carbocycles. The predicted octanol–water partition coefficient (Wildman–Crippen LogP) is 4.02. The standard InChI is InChI=1S/C24H30BrN3O3/c1-26(17-21-10-5-15-31-21)24(30)22(18-6-2-3-7-18)27-11-13-28(14-12-27)23(29)19-8-4-9-20(25)16-19/h4-5,8-10,15-16,18,22H,2-3,6-7,11-14,17H2,1H3. The van der Waals surface area contributed by atoms with Crippen LogP contribution in [0.4, 0.5) is 0 Å². The van der Waals surface area contributed by atoms with Crippen LogP contribution in [0.2, 0.25) is 0 Å². The van der Waals surface area contributed by atoms with Gasteiger partial charge in [0.1, 0.15) is 5.76 Å². The molecule has 1 aromatic heterocycles. The maximum Gasteiger partial charge on any atom is 0.253 e. The Morgan fingerprint density at radius 2 is 1.87 bits per heavy atom. The summed E-state index contributed by atoms with van der Waals surface area (Å²) >= 11 is 3.44. The van der Waals surface area contributed by atoms with E-state index in [4.69, 9.17) is 4.42 Å². The molecule has 1 saturated heterocycles. The number of hydrogen-bond donors (Lipinski definition) is 0. The van der Waals surface area contributed by atoms with Gasteiger partial charge in [0.05, 0.1) is 18.8 Å². The van der Waals surface area contributed by atoms with E-state index in [1.165, 1.54) is 12.8 Å². The number of carbonyl (C=O) groups excluding carboxylic acids is 2. The monoisotopic (exact) mass is 487 g/mol. The van der Waals surface area contributed by atoms with Crippen molar-refractivity contribution < 1.29 is 14.0 Å². The Morgan fingerprint density at radius 1 is 1.13 bits per heavy atom. The maximum atomic E-state index is 13.5. The number of nitrogens with zero attached hydrogens (tertiary/aromatic N) is 3. The molecule has 4 rings (SSSR count). The van der Waals surface area contributed by atoms with Crippen molar-refractivity contribution in [2.45, 2.75) is 38.3 Å². The average Bonchev–Trinajstić information content (AvgIpc) is 3.48.